The van der Waals surface area contributed by atoms with E-state index in [9.17, 15) is 4.79 Å². The number of nitrogens with one attached hydrogen (secondary N) is 1. The number of imidazole rings is 1. The van der Waals surface area contributed by atoms with E-state index in [4.69, 9.17) is 9.47 Å². The molecule has 0 fully saturated rings. The fraction of sp³-hybridized carbons (Fsp3) is 0.235. The van der Waals surface area contributed by atoms with Crippen LogP contribution in [0.3, 0.4) is 0 Å². The third kappa shape index (κ3) is 3.29. The van der Waals surface area contributed by atoms with Crippen LogP contribution in [-0.4, -0.2) is 41.2 Å². The molecule has 0 amide bonds. The number of H-pyrrole nitrogens is 1. The van der Waals surface area contributed by atoms with E-state index < -0.39 is 5.97 Å². The maximum absolute atomic E-state index is 11.2. The molecule has 3 rings (SSSR count). The highest BCUT2D eigenvalue weighted by molar-refractivity contribution is 5.80. The summed E-state index contributed by atoms with van der Waals surface area (Å²) in [5.74, 6) is 1.38. The van der Waals surface area contributed by atoms with Gasteiger partial charge in [0.05, 0.1) is 31.0 Å². The predicted molar refractivity (Wildman–Crippen MR) is 88.0 cm³/mol. The molecule has 0 bridgehead atoms. The van der Waals surface area contributed by atoms with Gasteiger partial charge in [0.15, 0.2) is 6.61 Å². The van der Waals surface area contributed by atoms with Crippen molar-refractivity contribution in [3.8, 4) is 22.9 Å². The molecule has 0 radical (unpaired) electrons. The number of pyridine rings is 1. The third-order valence-electron chi connectivity index (χ3n) is 3.38. The normalized spacial score (nSPS) is 10.6. The Morgan fingerprint density at radius 2 is 2.12 bits per heavy atom. The summed E-state index contributed by atoms with van der Waals surface area (Å²) < 4.78 is 15.7. The Hall–Kier alpha value is -3.09. The molecule has 1 aromatic carbocycles. The molecule has 7 heteroatoms. The molecule has 0 aliphatic carbocycles. The van der Waals surface area contributed by atoms with E-state index in [0.29, 0.717) is 23.9 Å². The van der Waals surface area contributed by atoms with Gasteiger partial charge in [-0.2, -0.15) is 0 Å². The van der Waals surface area contributed by atoms with E-state index >= 15 is 0 Å². The zero-order valence-corrected chi connectivity index (χ0v) is 13.4. The van der Waals surface area contributed by atoms with Gasteiger partial charge >= 0.3 is 5.97 Å². The van der Waals surface area contributed by atoms with Gasteiger partial charge in [0, 0.05) is 12.3 Å². The number of hydrogen-bond donors (Lipinski definition) is 1. The smallest absolute Gasteiger partial charge is 0.343 e. The first-order chi connectivity index (χ1) is 11.7. The van der Waals surface area contributed by atoms with Crippen molar-refractivity contribution in [2.75, 3.05) is 20.3 Å². The van der Waals surface area contributed by atoms with Gasteiger partial charge in [-0.1, -0.05) is 0 Å². The molecule has 1 N–H and O–H groups in total. The molecule has 0 saturated carbocycles. The SMILES string of the molecule is CCOc1cc(OCC(=O)OC)ccc1-c1nc2cnccc2[nH]1. The van der Waals surface area contributed by atoms with Crippen molar-refractivity contribution < 1.29 is 19.0 Å². The molecule has 0 aliphatic rings. The molecule has 7 nitrogen and oxygen atoms in total. The predicted octanol–water partition coefficient (Wildman–Crippen LogP) is 2.58. The summed E-state index contributed by atoms with van der Waals surface area (Å²) in [5, 5.41) is 0. The fourth-order valence-corrected chi connectivity index (χ4v) is 2.25. The van der Waals surface area contributed by atoms with Crippen LogP contribution in [0.25, 0.3) is 22.4 Å². The van der Waals surface area contributed by atoms with Crippen LogP contribution in [0.2, 0.25) is 0 Å². The van der Waals surface area contributed by atoms with Crippen LogP contribution in [0.1, 0.15) is 6.92 Å². The maximum atomic E-state index is 11.2. The van der Waals surface area contributed by atoms with Gasteiger partial charge < -0.3 is 19.2 Å². The third-order valence-corrected chi connectivity index (χ3v) is 3.38. The first-order valence-corrected chi connectivity index (χ1v) is 7.48. The lowest BCUT2D eigenvalue weighted by Gasteiger charge is -2.11. The van der Waals surface area contributed by atoms with E-state index in [1.54, 1.807) is 24.5 Å². The molecular weight excluding hydrogens is 310 g/mol. The maximum Gasteiger partial charge on any atom is 0.343 e. The lowest BCUT2D eigenvalue weighted by molar-refractivity contribution is -0.142. The molecule has 2 aromatic heterocycles. The molecule has 0 aliphatic heterocycles. The first-order valence-electron chi connectivity index (χ1n) is 7.48. The highest BCUT2D eigenvalue weighted by Gasteiger charge is 2.13. The Bertz CT molecular complexity index is 827. The summed E-state index contributed by atoms with van der Waals surface area (Å²) in [6.45, 7) is 2.24. The molecule has 3 aromatic rings. The number of fused-ring (bicyclic) bond motifs is 1. The minimum absolute atomic E-state index is 0.155. The number of ether oxygens (including phenoxy) is 3. The summed E-state index contributed by atoms with van der Waals surface area (Å²) >= 11 is 0. The van der Waals surface area contributed by atoms with Gasteiger partial charge in [-0.25, -0.2) is 9.78 Å². The molecule has 0 saturated heterocycles. The number of carbonyl (C=O) groups excluding carboxylic acids is 1. The number of carbonyl (C=O) groups is 1. The summed E-state index contributed by atoms with van der Waals surface area (Å²) in [5.41, 5.74) is 2.48. The van der Waals surface area contributed by atoms with Gasteiger partial charge in [-0.15, -0.1) is 0 Å². The molecule has 0 unspecified atom stereocenters. The van der Waals surface area contributed by atoms with Gasteiger partial charge in [0.1, 0.15) is 22.8 Å². The summed E-state index contributed by atoms with van der Waals surface area (Å²) in [7, 11) is 1.32. The number of methoxy groups -OCH3 is 1. The molecule has 124 valence electrons. The summed E-state index contributed by atoms with van der Waals surface area (Å²) in [6, 6.07) is 7.18. The van der Waals surface area contributed by atoms with E-state index in [1.807, 2.05) is 19.1 Å². The fourth-order valence-electron chi connectivity index (χ4n) is 2.25. The van der Waals surface area contributed by atoms with Crippen molar-refractivity contribution in [3.05, 3.63) is 36.7 Å². The van der Waals surface area contributed by atoms with Gasteiger partial charge in [0.2, 0.25) is 0 Å². The molecular formula is C17H17N3O4. The zero-order chi connectivity index (χ0) is 16.9. The second kappa shape index (κ2) is 6.99. The van der Waals surface area contributed by atoms with Gasteiger partial charge in [-0.05, 0) is 25.1 Å². The van der Waals surface area contributed by atoms with Crippen LogP contribution in [0.5, 0.6) is 11.5 Å². The number of nitrogens with zero attached hydrogens (tertiary/aromatic N) is 2. The minimum Gasteiger partial charge on any atom is -0.493 e. The topological polar surface area (TPSA) is 86.3 Å². The Kier molecular flexibility index (Phi) is 4.60. The van der Waals surface area contributed by atoms with Gasteiger partial charge in [-0.3, -0.25) is 4.98 Å². The molecule has 0 spiro atoms. The monoisotopic (exact) mass is 327 g/mol. The average Bonchev–Trinajstić information content (AvgIpc) is 3.04. The lowest BCUT2D eigenvalue weighted by Crippen LogP contribution is -2.12. The van der Waals surface area contributed by atoms with Crippen LogP contribution in [0, 0.1) is 0 Å². The summed E-state index contributed by atoms with van der Waals surface area (Å²) in [6.07, 6.45) is 3.40. The quantitative estimate of drug-likeness (QED) is 0.700. The molecule has 0 atom stereocenters. The number of rotatable bonds is 6. The van der Waals surface area contributed by atoms with Crippen LogP contribution in [0.4, 0.5) is 0 Å². The molecule has 24 heavy (non-hydrogen) atoms. The van der Waals surface area contributed by atoms with Crippen molar-refractivity contribution >= 4 is 17.0 Å². The van der Waals surface area contributed by atoms with Crippen LogP contribution in [0.15, 0.2) is 36.7 Å². The minimum atomic E-state index is -0.443. The Balaban J connectivity index is 1.93. The standard InChI is InChI=1S/C17H17N3O4/c1-3-23-15-8-11(24-10-16(21)22-2)4-5-12(15)17-19-13-6-7-18-9-14(13)20-17/h4-9H,3,10H2,1-2H3,(H,19,20). The Morgan fingerprint density at radius 1 is 1.25 bits per heavy atom. The van der Waals surface area contributed by atoms with Crippen LogP contribution < -0.4 is 9.47 Å². The van der Waals surface area contributed by atoms with Gasteiger partial charge in [0.25, 0.3) is 0 Å². The van der Waals surface area contributed by atoms with E-state index in [1.165, 1.54) is 7.11 Å². The number of hydrogen-bond acceptors (Lipinski definition) is 6. The Labute approximate surface area is 138 Å². The highest BCUT2D eigenvalue weighted by Crippen LogP contribution is 2.33. The number of aromatic amines is 1. The molecule has 2 heterocycles. The van der Waals surface area contributed by atoms with Crippen LogP contribution >= 0.6 is 0 Å². The number of aromatic nitrogens is 3. The van der Waals surface area contributed by atoms with Crippen molar-refractivity contribution in [1.82, 2.24) is 15.0 Å². The Morgan fingerprint density at radius 3 is 2.88 bits per heavy atom. The van der Waals surface area contributed by atoms with Crippen molar-refractivity contribution in [1.29, 1.82) is 0 Å². The summed E-state index contributed by atoms with van der Waals surface area (Å²) in [4.78, 5) is 23.0. The number of benzene rings is 1. The second-order valence-corrected chi connectivity index (χ2v) is 4.93. The largest absolute Gasteiger partial charge is 0.493 e. The first kappa shape index (κ1) is 15.8. The van der Waals surface area contributed by atoms with Crippen molar-refractivity contribution in [2.45, 2.75) is 6.92 Å². The van der Waals surface area contributed by atoms with E-state index in [-0.39, 0.29) is 6.61 Å². The van der Waals surface area contributed by atoms with Crippen molar-refractivity contribution in [3.63, 3.8) is 0 Å². The van der Waals surface area contributed by atoms with E-state index in [2.05, 4.69) is 19.7 Å². The zero-order valence-electron chi connectivity index (χ0n) is 13.4. The van der Waals surface area contributed by atoms with E-state index in [0.717, 1.165) is 16.6 Å². The highest BCUT2D eigenvalue weighted by atomic mass is 16.6. The number of esters is 1. The van der Waals surface area contributed by atoms with Crippen molar-refractivity contribution in [2.24, 2.45) is 0 Å². The van der Waals surface area contributed by atoms with Crippen LogP contribution in [-0.2, 0) is 9.53 Å². The average molecular weight is 327 g/mol. The second-order valence-electron chi connectivity index (χ2n) is 4.93. The lowest BCUT2D eigenvalue weighted by atomic mass is 10.2.